The van der Waals surface area contributed by atoms with Crippen molar-refractivity contribution >= 4 is 17.7 Å². The maximum absolute atomic E-state index is 11.4. The predicted molar refractivity (Wildman–Crippen MR) is 133 cm³/mol. The molecule has 4 rings (SSSR count). The summed E-state index contributed by atoms with van der Waals surface area (Å²) in [6.07, 6.45) is 1.34. The van der Waals surface area contributed by atoms with E-state index in [4.69, 9.17) is 21.6 Å². The van der Waals surface area contributed by atoms with Gasteiger partial charge < -0.3 is 14.7 Å². The lowest BCUT2D eigenvalue weighted by atomic mass is 9.73. The molecule has 1 aliphatic rings. The van der Waals surface area contributed by atoms with E-state index >= 15 is 0 Å². The molecule has 3 aromatic rings. The van der Waals surface area contributed by atoms with Crippen molar-refractivity contribution in [2.45, 2.75) is 24.7 Å². The van der Waals surface area contributed by atoms with E-state index in [2.05, 4.69) is 24.3 Å². The molecule has 1 N–H and O–H groups in total. The van der Waals surface area contributed by atoms with Crippen molar-refractivity contribution in [1.82, 2.24) is 4.90 Å². The Hall–Kier alpha value is -3.33. The van der Waals surface area contributed by atoms with Crippen molar-refractivity contribution in [3.05, 3.63) is 94.5 Å². The molecule has 0 saturated carbocycles. The number of nitriles is 1. The fourth-order valence-electron chi connectivity index (χ4n) is 4.59. The first-order valence-corrected chi connectivity index (χ1v) is 11.8. The van der Waals surface area contributed by atoms with Gasteiger partial charge in [-0.05, 0) is 65.8 Å². The second-order valence-electron chi connectivity index (χ2n) is 8.76. The van der Waals surface area contributed by atoms with E-state index in [1.165, 1.54) is 10.5 Å². The number of rotatable bonds is 7. The van der Waals surface area contributed by atoms with Gasteiger partial charge in [0.05, 0.1) is 24.8 Å². The molecule has 1 fully saturated rings. The molecule has 3 aromatic carbocycles. The molecule has 174 valence electrons. The standard InChI is InChI=1S/C28H27ClN2O3/c29-26-17-22(16-24(18-26)23-8-6-21(19-30)7-9-23)10-15-34-20-28(25-4-2-1-3-5-25)11-13-31(14-12-28)27(32)33/h1-9,16-18H,10-15,20H2,(H,32,33). The number of carboxylic acid groups (broad SMARTS) is 1. The number of nitrogens with zero attached hydrogens (tertiary/aromatic N) is 2. The first-order valence-electron chi connectivity index (χ1n) is 11.4. The van der Waals surface area contributed by atoms with Crippen LogP contribution in [0.5, 0.6) is 0 Å². The predicted octanol–water partition coefficient (Wildman–Crippen LogP) is 6.15. The number of carbonyl (C=O) groups is 1. The molecular weight excluding hydrogens is 448 g/mol. The molecule has 0 spiro atoms. The highest BCUT2D eigenvalue weighted by Crippen LogP contribution is 2.36. The van der Waals surface area contributed by atoms with Gasteiger partial charge in [0, 0.05) is 23.5 Å². The Morgan fingerprint density at radius 3 is 2.38 bits per heavy atom. The minimum absolute atomic E-state index is 0.185. The average Bonchev–Trinajstić information content (AvgIpc) is 2.87. The summed E-state index contributed by atoms with van der Waals surface area (Å²) in [6.45, 7) is 2.11. The number of benzene rings is 3. The molecule has 1 heterocycles. The summed E-state index contributed by atoms with van der Waals surface area (Å²) in [7, 11) is 0. The molecule has 1 saturated heterocycles. The van der Waals surface area contributed by atoms with Crippen LogP contribution in [0.25, 0.3) is 11.1 Å². The zero-order valence-electron chi connectivity index (χ0n) is 18.9. The third-order valence-corrected chi connectivity index (χ3v) is 6.81. The Morgan fingerprint density at radius 1 is 1.03 bits per heavy atom. The Morgan fingerprint density at radius 2 is 1.74 bits per heavy atom. The van der Waals surface area contributed by atoms with E-state index in [-0.39, 0.29) is 5.41 Å². The monoisotopic (exact) mass is 474 g/mol. The van der Waals surface area contributed by atoms with Crippen LogP contribution in [-0.2, 0) is 16.6 Å². The Balaban J connectivity index is 1.41. The van der Waals surface area contributed by atoms with Gasteiger partial charge in [0.1, 0.15) is 0 Å². The topological polar surface area (TPSA) is 73.6 Å². The number of ether oxygens (including phenoxy) is 1. The van der Waals surface area contributed by atoms with Crippen LogP contribution in [0.15, 0.2) is 72.8 Å². The molecule has 6 heteroatoms. The van der Waals surface area contributed by atoms with Crippen molar-refractivity contribution in [3.63, 3.8) is 0 Å². The largest absolute Gasteiger partial charge is 0.465 e. The number of likely N-dealkylation sites (tertiary alicyclic amines) is 1. The fraction of sp³-hybridized carbons (Fsp3) is 0.286. The van der Waals surface area contributed by atoms with Gasteiger partial charge in [0.25, 0.3) is 0 Å². The van der Waals surface area contributed by atoms with Gasteiger partial charge in [0.2, 0.25) is 0 Å². The molecule has 1 aliphatic heterocycles. The molecule has 0 bridgehead atoms. The molecule has 0 aliphatic carbocycles. The lowest BCUT2D eigenvalue weighted by Crippen LogP contribution is -2.47. The molecule has 0 radical (unpaired) electrons. The summed E-state index contributed by atoms with van der Waals surface area (Å²) in [6, 6.07) is 25.9. The minimum Gasteiger partial charge on any atom is -0.465 e. The smallest absolute Gasteiger partial charge is 0.407 e. The molecule has 1 amide bonds. The molecule has 0 unspecified atom stereocenters. The number of amides is 1. The highest BCUT2D eigenvalue weighted by Gasteiger charge is 2.37. The average molecular weight is 475 g/mol. The normalized spacial score (nSPS) is 15.0. The van der Waals surface area contributed by atoms with Crippen LogP contribution in [0.3, 0.4) is 0 Å². The zero-order valence-corrected chi connectivity index (χ0v) is 19.7. The SMILES string of the molecule is N#Cc1ccc(-c2cc(Cl)cc(CCOCC3(c4ccccc4)CCN(C(=O)O)CC3)c2)cc1. The summed E-state index contributed by atoms with van der Waals surface area (Å²) in [5, 5.41) is 19.0. The molecule has 34 heavy (non-hydrogen) atoms. The van der Waals surface area contributed by atoms with Gasteiger partial charge in [-0.2, -0.15) is 5.26 Å². The van der Waals surface area contributed by atoms with E-state index in [1.807, 2.05) is 42.5 Å². The first-order chi connectivity index (χ1) is 16.5. The maximum atomic E-state index is 11.4. The Bertz CT molecular complexity index is 1160. The van der Waals surface area contributed by atoms with Crippen LogP contribution < -0.4 is 0 Å². The van der Waals surface area contributed by atoms with Crippen LogP contribution in [-0.4, -0.2) is 42.4 Å². The van der Waals surface area contributed by atoms with E-state index in [0.29, 0.717) is 36.9 Å². The summed E-state index contributed by atoms with van der Waals surface area (Å²) < 4.78 is 6.20. The minimum atomic E-state index is -0.860. The lowest BCUT2D eigenvalue weighted by molar-refractivity contribution is 0.0460. The molecule has 5 nitrogen and oxygen atoms in total. The van der Waals surface area contributed by atoms with Crippen molar-refractivity contribution < 1.29 is 14.6 Å². The first kappa shape index (κ1) is 23.8. The second kappa shape index (κ2) is 10.7. The van der Waals surface area contributed by atoms with E-state index in [9.17, 15) is 9.90 Å². The zero-order chi connectivity index (χ0) is 24.0. The Kier molecular flexibility index (Phi) is 7.52. The Labute approximate surface area is 205 Å². The number of hydrogen-bond donors (Lipinski definition) is 1. The van der Waals surface area contributed by atoms with E-state index < -0.39 is 6.09 Å². The van der Waals surface area contributed by atoms with Crippen molar-refractivity contribution in [1.29, 1.82) is 5.26 Å². The van der Waals surface area contributed by atoms with E-state index in [0.717, 1.165) is 36.0 Å². The molecule has 0 atom stereocenters. The highest BCUT2D eigenvalue weighted by molar-refractivity contribution is 6.31. The van der Waals surface area contributed by atoms with E-state index in [1.54, 1.807) is 12.1 Å². The summed E-state index contributed by atoms with van der Waals surface area (Å²) in [5.74, 6) is 0. The van der Waals surface area contributed by atoms with Gasteiger partial charge in [-0.1, -0.05) is 60.1 Å². The molecular formula is C28H27ClN2O3. The lowest BCUT2D eigenvalue weighted by Gasteiger charge is -2.41. The van der Waals surface area contributed by atoms with Crippen LogP contribution in [0.1, 0.15) is 29.5 Å². The van der Waals surface area contributed by atoms with Crippen LogP contribution in [0.4, 0.5) is 4.79 Å². The van der Waals surface area contributed by atoms with Gasteiger partial charge in [-0.3, -0.25) is 0 Å². The quantitative estimate of drug-likeness (QED) is 0.417. The van der Waals surface area contributed by atoms with Crippen molar-refractivity contribution in [3.8, 4) is 17.2 Å². The third kappa shape index (κ3) is 5.59. The second-order valence-corrected chi connectivity index (χ2v) is 9.19. The number of halogens is 1. The fourth-order valence-corrected chi connectivity index (χ4v) is 4.85. The van der Waals surface area contributed by atoms with Crippen molar-refractivity contribution in [2.24, 2.45) is 0 Å². The number of piperidine rings is 1. The molecule has 0 aromatic heterocycles. The van der Waals surface area contributed by atoms with Gasteiger partial charge >= 0.3 is 6.09 Å². The third-order valence-electron chi connectivity index (χ3n) is 6.60. The van der Waals surface area contributed by atoms with Gasteiger partial charge in [-0.15, -0.1) is 0 Å². The van der Waals surface area contributed by atoms with Crippen LogP contribution >= 0.6 is 11.6 Å². The number of hydrogen-bond acceptors (Lipinski definition) is 3. The van der Waals surface area contributed by atoms with Crippen molar-refractivity contribution in [2.75, 3.05) is 26.3 Å². The summed E-state index contributed by atoms with van der Waals surface area (Å²) in [4.78, 5) is 12.9. The van der Waals surface area contributed by atoms with Crippen LogP contribution in [0, 0.1) is 11.3 Å². The summed E-state index contributed by atoms with van der Waals surface area (Å²) >= 11 is 6.39. The highest BCUT2D eigenvalue weighted by atomic mass is 35.5. The van der Waals surface area contributed by atoms with Crippen LogP contribution in [0.2, 0.25) is 5.02 Å². The van der Waals surface area contributed by atoms with Gasteiger partial charge in [0.15, 0.2) is 0 Å². The summed E-state index contributed by atoms with van der Waals surface area (Å²) in [5.41, 5.74) is 4.74. The maximum Gasteiger partial charge on any atom is 0.407 e. The van der Waals surface area contributed by atoms with Gasteiger partial charge in [-0.25, -0.2) is 4.79 Å².